The molecule has 0 amide bonds. The van der Waals surface area contributed by atoms with E-state index in [0.717, 1.165) is 26.1 Å². The maximum atomic E-state index is 9.89. The van der Waals surface area contributed by atoms with E-state index in [-0.39, 0.29) is 12.1 Å². The normalized spacial score (nSPS) is 27.1. The first kappa shape index (κ1) is 17.9. The summed E-state index contributed by atoms with van der Waals surface area (Å²) in [4.78, 5) is 4.64. The molecule has 4 heteroatoms. The highest BCUT2D eigenvalue weighted by atomic mass is 16.3. The van der Waals surface area contributed by atoms with Gasteiger partial charge in [0.2, 0.25) is 0 Å². The number of aliphatic hydroxyl groups is 1. The first-order valence-corrected chi connectivity index (χ1v) is 8.11. The molecule has 1 aliphatic carbocycles. The standard InChI is InChI=1S/C16H35N3O/c1-14(2)17-16(13-20)9-6-7-15(16)8-10-19(5)12-11-18(3)4/h14-15,17,20H,6-13H2,1-5H3. The number of hydrogen-bond donors (Lipinski definition) is 2. The summed E-state index contributed by atoms with van der Waals surface area (Å²) in [6, 6.07) is 0.439. The fraction of sp³-hybridized carbons (Fsp3) is 1.00. The van der Waals surface area contributed by atoms with Gasteiger partial charge < -0.3 is 20.2 Å². The summed E-state index contributed by atoms with van der Waals surface area (Å²) in [6.07, 6.45) is 4.80. The van der Waals surface area contributed by atoms with Crippen molar-refractivity contribution in [1.82, 2.24) is 15.1 Å². The van der Waals surface area contributed by atoms with E-state index in [4.69, 9.17) is 0 Å². The number of nitrogens with one attached hydrogen (secondary N) is 1. The molecule has 120 valence electrons. The summed E-state index contributed by atoms with van der Waals surface area (Å²) in [5.41, 5.74) is -0.0312. The molecule has 0 saturated heterocycles. The average molecular weight is 285 g/mol. The van der Waals surface area contributed by atoms with Gasteiger partial charge in [0, 0.05) is 24.7 Å². The third-order valence-electron chi connectivity index (χ3n) is 4.60. The molecule has 0 aromatic heterocycles. The van der Waals surface area contributed by atoms with Gasteiger partial charge in [0.15, 0.2) is 0 Å². The van der Waals surface area contributed by atoms with Crippen molar-refractivity contribution < 1.29 is 5.11 Å². The average Bonchev–Trinajstić information content (AvgIpc) is 2.76. The van der Waals surface area contributed by atoms with Crippen LogP contribution in [-0.2, 0) is 0 Å². The second-order valence-corrected chi connectivity index (χ2v) is 7.10. The minimum atomic E-state index is -0.0312. The summed E-state index contributed by atoms with van der Waals surface area (Å²) in [7, 11) is 6.44. The molecular weight excluding hydrogens is 250 g/mol. The maximum Gasteiger partial charge on any atom is 0.0616 e. The lowest BCUT2D eigenvalue weighted by molar-refractivity contribution is 0.104. The minimum absolute atomic E-state index is 0.0312. The second kappa shape index (κ2) is 8.32. The van der Waals surface area contributed by atoms with Crippen molar-refractivity contribution in [2.24, 2.45) is 5.92 Å². The predicted octanol–water partition coefficient (Wildman–Crippen LogP) is 1.40. The first-order valence-electron chi connectivity index (χ1n) is 8.11. The van der Waals surface area contributed by atoms with Crippen molar-refractivity contribution in [2.45, 2.75) is 51.1 Å². The highest BCUT2D eigenvalue weighted by Crippen LogP contribution is 2.38. The molecule has 0 aromatic rings. The summed E-state index contributed by atoms with van der Waals surface area (Å²) in [5, 5.41) is 13.5. The van der Waals surface area contributed by atoms with E-state index in [9.17, 15) is 5.11 Å². The molecule has 0 spiro atoms. The van der Waals surface area contributed by atoms with Crippen LogP contribution in [0.1, 0.15) is 39.5 Å². The van der Waals surface area contributed by atoms with E-state index in [1.165, 1.54) is 19.3 Å². The molecule has 2 N–H and O–H groups in total. The van der Waals surface area contributed by atoms with Crippen LogP contribution in [0, 0.1) is 5.92 Å². The molecule has 0 bridgehead atoms. The molecular formula is C16H35N3O. The Morgan fingerprint density at radius 2 is 1.90 bits per heavy atom. The molecule has 2 atom stereocenters. The molecule has 0 aliphatic heterocycles. The fourth-order valence-corrected chi connectivity index (χ4v) is 3.44. The van der Waals surface area contributed by atoms with E-state index in [0.29, 0.717) is 12.0 Å². The Labute approximate surface area is 125 Å². The third-order valence-corrected chi connectivity index (χ3v) is 4.60. The molecule has 1 fully saturated rings. The van der Waals surface area contributed by atoms with Crippen LogP contribution in [0.3, 0.4) is 0 Å². The zero-order valence-corrected chi connectivity index (χ0v) is 14.2. The number of hydrogen-bond acceptors (Lipinski definition) is 4. The molecule has 1 rings (SSSR count). The van der Waals surface area contributed by atoms with Gasteiger partial charge >= 0.3 is 0 Å². The van der Waals surface area contributed by atoms with Gasteiger partial charge in [0.25, 0.3) is 0 Å². The quantitative estimate of drug-likeness (QED) is 0.672. The maximum absolute atomic E-state index is 9.89. The Bertz CT molecular complexity index is 270. The highest BCUT2D eigenvalue weighted by Gasteiger charge is 2.42. The van der Waals surface area contributed by atoms with Crippen LogP contribution in [0.25, 0.3) is 0 Å². The van der Waals surface area contributed by atoms with Gasteiger partial charge in [-0.25, -0.2) is 0 Å². The van der Waals surface area contributed by atoms with Crippen LogP contribution >= 0.6 is 0 Å². The van der Waals surface area contributed by atoms with E-state index < -0.39 is 0 Å². The number of likely N-dealkylation sites (N-methyl/N-ethyl adjacent to an activating group) is 2. The van der Waals surface area contributed by atoms with Crippen molar-refractivity contribution in [3.63, 3.8) is 0 Å². The smallest absolute Gasteiger partial charge is 0.0616 e. The van der Waals surface area contributed by atoms with Gasteiger partial charge in [0.1, 0.15) is 0 Å². The van der Waals surface area contributed by atoms with Gasteiger partial charge in [-0.15, -0.1) is 0 Å². The van der Waals surface area contributed by atoms with Crippen molar-refractivity contribution in [3.05, 3.63) is 0 Å². The predicted molar refractivity (Wildman–Crippen MR) is 86.1 cm³/mol. The molecule has 2 unspecified atom stereocenters. The van der Waals surface area contributed by atoms with Gasteiger partial charge in [-0.3, -0.25) is 0 Å². The number of rotatable bonds is 9. The van der Waals surface area contributed by atoms with Gasteiger partial charge in [-0.2, -0.15) is 0 Å². The van der Waals surface area contributed by atoms with Crippen molar-refractivity contribution >= 4 is 0 Å². The van der Waals surface area contributed by atoms with Gasteiger partial charge in [-0.05, 0) is 52.9 Å². The molecule has 1 saturated carbocycles. The summed E-state index contributed by atoms with van der Waals surface area (Å²) < 4.78 is 0. The van der Waals surface area contributed by atoms with Crippen LogP contribution in [0.2, 0.25) is 0 Å². The van der Waals surface area contributed by atoms with Crippen molar-refractivity contribution in [1.29, 1.82) is 0 Å². The van der Waals surface area contributed by atoms with E-state index in [1.54, 1.807) is 0 Å². The zero-order valence-electron chi connectivity index (χ0n) is 14.2. The van der Waals surface area contributed by atoms with E-state index >= 15 is 0 Å². The van der Waals surface area contributed by atoms with E-state index in [2.05, 4.69) is 50.1 Å². The summed E-state index contributed by atoms with van der Waals surface area (Å²) >= 11 is 0. The molecule has 20 heavy (non-hydrogen) atoms. The summed E-state index contributed by atoms with van der Waals surface area (Å²) in [6.45, 7) is 7.98. The van der Waals surface area contributed by atoms with Gasteiger partial charge in [0.05, 0.1) is 6.61 Å². The van der Waals surface area contributed by atoms with Crippen LogP contribution in [0.15, 0.2) is 0 Å². The highest BCUT2D eigenvalue weighted by molar-refractivity contribution is 4.99. The van der Waals surface area contributed by atoms with Crippen LogP contribution in [0.4, 0.5) is 0 Å². The molecule has 4 nitrogen and oxygen atoms in total. The minimum Gasteiger partial charge on any atom is -0.394 e. The van der Waals surface area contributed by atoms with Crippen molar-refractivity contribution in [2.75, 3.05) is 47.4 Å². The lowest BCUT2D eigenvalue weighted by Gasteiger charge is -2.37. The Morgan fingerprint density at radius 1 is 1.20 bits per heavy atom. The largest absolute Gasteiger partial charge is 0.394 e. The third kappa shape index (κ3) is 5.32. The van der Waals surface area contributed by atoms with Crippen LogP contribution < -0.4 is 5.32 Å². The number of aliphatic hydroxyl groups excluding tert-OH is 1. The molecule has 0 aromatic carbocycles. The zero-order chi connectivity index (χ0) is 15.2. The molecule has 0 radical (unpaired) electrons. The first-order chi connectivity index (χ1) is 9.39. The lowest BCUT2D eigenvalue weighted by atomic mass is 9.84. The fourth-order valence-electron chi connectivity index (χ4n) is 3.44. The molecule has 0 heterocycles. The topological polar surface area (TPSA) is 38.7 Å². The lowest BCUT2D eigenvalue weighted by Crippen LogP contribution is -2.54. The van der Waals surface area contributed by atoms with Crippen LogP contribution in [0.5, 0.6) is 0 Å². The Kier molecular flexibility index (Phi) is 7.45. The van der Waals surface area contributed by atoms with Crippen molar-refractivity contribution in [3.8, 4) is 0 Å². The van der Waals surface area contributed by atoms with Gasteiger partial charge in [-0.1, -0.05) is 20.3 Å². The Hall–Kier alpha value is -0.160. The Balaban J connectivity index is 2.44. The Morgan fingerprint density at radius 3 is 2.45 bits per heavy atom. The SMILES string of the molecule is CC(C)NC1(CO)CCCC1CCN(C)CCN(C)C. The molecule has 1 aliphatic rings. The monoisotopic (exact) mass is 285 g/mol. The second-order valence-electron chi connectivity index (χ2n) is 7.10. The summed E-state index contributed by atoms with van der Waals surface area (Å²) in [5.74, 6) is 0.608. The van der Waals surface area contributed by atoms with E-state index in [1.807, 2.05) is 0 Å². The number of nitrogens with zero attached hydrogens (tertiary/aromatic N) is 2. The van der Waals surface area contributed by atoms with Crippen LogP contribution in [-0.4, -0.2) is 73.9 Å².